The lowest BCUT2D eigenvalue weighted by molar-refractivity contribution is -0.126. The van der Waals surface area contributed by atoms with Crippen LogP contribution in [0.3, 0.4) is 0 Å². The monoisotopic (exact) mass is 238 g/mol. The van der Waals surface area contributed by atoms with Crippen molar-refractivity contribution in [1.29, 1.82) is 0 Å². The number of carbonyl (C=O) groups is 1. The molecule has 1 aliphatic carbocycles. The zero-order chi connectivity index (χ0) is 12.4. The van der Waals surface area contributed by atoms with Gasteiger partial charge in [-0.05, 0) is 37.1 Å². The van der Waals surface area contributed by atoms with E-state index in [1.807, 2.05) is 0 Å². The van der Waals surface area contributed by atoms with Gasteiger partial charge in [-0.2, -0.15) is 0 Å². The molecule has 3 unspecified atom stereocenters. The fourth-order valence-electron chi connectivity index (χ4n) is 3.48. The van der Waals surface area contributed by atoms with Crippen LogP contribution in [0, 0.1) is 23.7 Å². The highest BCUT2D eigenvalue weighted by Crippen LogP contribution is 2.34. The van der Waals surface area contributed by atoms with Crippen molar-refractivity contribution in [2.24, 2.45) is 23.7 Å². The second kappa shape index (κ2) is 5.38. The lowest BCUT2D eigenvalue weighted by atomic mass is 9.92. The zero-order valence-corrected chi connectivity index (χ0v) is 11.3. The summed E-state index contributed by atoms with van der Waals surface area (Å²) in [6.45, 7) is 8.55. The van der Waals surface area contributed by atoms with Crippen molar-refractivity contribution in [3.63, 3.8) is 0 Å². The highest BCUT2D eigenvalue weighted by atomic mass is 16.2. The van der Waals surface area contributed by atoms with Gasteiger partial charge in [0.2, 0.25) is 5.91 Å². The van der Waals surface area contributed by atoms with Gasteiger partial charge < -0.3 is 10.6 Å². The van der Waals surface area contributed by atoms with Crippen molar-refractivity contribution < 1.29 is 4.79 Å². The quantitative estimate of drug-likeness (QED) is 0.787. The minimum atomic E-state index is 0.183. The van der Waals surface area contributed by atoms with Gasteiger partial charge in [0.15, 0.2) is 0 Å². The summed E-state index contributed by atoms with van der Waals surface area (Å²) in [6.07, 6.45) is 3.69. The second-order valence-corrected chi connectivity index (χ2v) is 5.96. The largest absolute Gasteiger partial charge is 0.353 e. The van der Waals surface area contributed by atoms with Crippen molar-refractivity contribution in [2.75, 3.05) is 13.1 Å². The summed E-state index contributed by atoms with van der Waals surface area (Å²) in [5, 5.41) is 6.58. The fourth-order valence-corrected chi connectivity index (χ4v) is 3.48. The van der Waals surface area contributed by atoms with Crippen molar-refractivity contribution in [2.45, 2.75) is 46.1 Å². The van der Waals surface area contributed by atoms with Crippen LogP contribution >= 0.6 is 0 Å². The third-order valence-corrected chi connectivity index (χ3v) is 4.93. The summed E-state index contributed by atoms with van der Waals surface area (Å²) in [5.74, 6) is 2.39. The predicted octanol–water partition coefficient (Wildman–Crippen LogP) is 1.78. The molecule has 98 valence electrons. The maximum atomic E-state index is 12.2. The maximum absolute atomic E-state index is 12.2. The summed E-state index contributed by atoms with van der Waals surface area (Å²) >= 11 is 0. The minimum Gasteiger partial charge on any atom is -0.353 e. The first-order valence-corrected chi connectivity index (χ1v) is 7.14. The molecule has 0 spiro atoms. The van der Waals surface area contributed by atoms with E-state index in [4.69, 9.17) is 0 Å². The molecule has 1 amide bonds. The van der Waals surface area contributed by atoms with E-state index in [0.29, 0.717) is 17.9 Å². The number of carbonyl (C=O) groups excluding carboxylic acids is 1. The molecule has 3 nitrogen and oxygen atoms in total. The standard InChI is InChI=1S/C14H26N2O/c1-4-11-5-6-13(10(11)3)16-14(17)12-8-15-7-9(12)2/h9-13,15H,4-8H2,1-3H3,(H,16,17)/t9-,10?,11?,12-,13?/m1/s1. The average Bonchev–Trinajstić information content (AvgIpc) is 2.87. The molecule has 17 heavy (non-hydrogen) atoms. The van der Waals surface area contributed by atoms with E-state index in [0.717, 1.165) is 19.0 Å². The van der Waals surface area contributed by atoms with E-state index < -0.39 is 0 Å². The Hall–Kier alpha value is -0.570. The first-order chi connectivity index (χ1) is 8.13. The van der Waals surface area contributed by atoms with Crippen LogP contribution in [0.1, 0.15) is 40.0 Å². The van der Waals surface area contributed by atoms with Gasteiger partial charge in [-0.1, -0.05) is 27.2 Å². The fraction of sp³-hybridized carbons (Fsp3) is 0.929. The van der Waals surface area contributed by atoms with E-state index in [9.17, 15) is 4.79 Å². The number of amides is 1. The predicted molar refractivity (Wildman–Crippen MR) is 69.6 cm³/mol. The molecule has 1 saturated heterocycles. The van der Waals surface area contributed by atoms with E-state index >= 15 is 0 Å². The summed E-state index contributed by atoms with van der Waals surface area (Å²) in [7, 11) is 0. The summed E-state index contributed by atoms with van der Waals surface area (Å²) in [6, 6.07) is 0.417. The molecular weight excluding hydrogens is 212 g/mol. The van der Waals surface area contributed by atoms with Gasteiger partial charge in [0, 0.05) is 12.6 Å². The number of nitrogens with one attached hydrogen (secondary N) is 2. The van der Waals surface area contributed by atoms with E-state index in [2.05, 4.69) is 31.4 Å². The second-order valence-electron chi connectivity index (χ2n) is 5.96. The average molecular weight is 238 g/mol. The van der Waals surface area contributed by atoms with E-state index in [1.165, 1.54) is 19.3 Å². The lowest BCUT2D eigenvalue weighted by Crippen LogP contribution is -2.42. The Balaban J connectivity index is 1.87. The SMILES string of the molecule is CCC1CCC(NC(=O)[C@@H]2CNC[C@H]2C)C1C. The molecule has 2 N–H and O–H groups in total. The van der Waals surface area contributed by atoms with Gasteiger partial charge in [0.25, 0.3) is 0 Å². The lowest BCUT2D eigenvalue weighted by Gasteiger charge is -2.23. The van der Waals surface area contributed by atoms with Crippen LogP contribution in [0.4, 0.5) is 0 Å². The van der Waals surface area contributed by atoms with Crippen molar-refractivity contribution in [3.8, 4) is 0 Å². The molecule has 1 saturated carbocycles. The number of hydrogen-bond acceptors (Lipinski definition) is 2. The molecular formula is C14H26N2O. The maximum Gasteiger partial charge on any atom is 0.224 e. The van der Waals surface area contributed by atoms with Crippen LogP contribution in [0.15, 0.2) is 0 Å². The van der Waals surface area contributed by atoms with Crippen LogP contribution in [-0.4, -0.2) is 25.0 Å². The Kier molecular flexibility index (Phi) is 4.08. The van der Waals surface area contributed by atoms with Crippen molar-refractivity contribution in [3.05, 3.63) is 0 Å². The highest BCUT2D eigenvalue weighted by Gasteiger charge is 2.36. The number of rotatable bonds is 3. The first kappa shape index (κ1) is 12.9. The molecule has 1 aliphatic heterocycles. The van der Waals surface area contributed by atoms with Crippen LogP contribution in [0.25, 0.3) is 0 Å². The Bertz CT molecular complexity index is 279. The van der Waals surface area contributed by atoms with E-state index in [1.54, 1.807) is 0 Å². The Morgan fingerprint density at radius 3 is 2.59 bits per heavy atom. The molecule has 2 rings (SSSR count). The zero-order valence-electron chi connectivity index (χ0n) is 11.3. The van der Waals surface area contributed by atoms with Crippen LogP contribution in [0.5, 0.6) is 0 Å². The summed E-state index contributed by atoms with van der Waals surface area (Å²) in [4.78, 5) is 12.2. The van der Waals surface area contributed by atoms with Crippen LogP contribution in [0.2, 0.25) is 0 Å². The smallest absolute Gasteiger partial charge is 0.224 e. The van der Waals surface area contributed by atoms with Gasteiger partial charge >= 0.3 is 0 Å². The summed E-state index contributed by atoms with van der Waals surface area (Å²) < 4.78 is 0. The molecule has 0 aromatic rings. The van der Waals surface area contributed by atoms with Gasteiger partial charge in [0.05, 0.1) is 5.92 Å². The summed E-state index contributed by atoms with van der Waals surface area (Å²) in [5.41, 5.74) is 0. The molecule has 0 bridgehead atoms. The van der Waals surface area contributed by atoms with Gasteiger partial charge in [-0.25, -0.2) is 0 Å². The molecule has 5 atom stereocenters. The number of hydrogen-bond donors (Lipinski definition) is 2. The van der Waals surface area contributed by atoms with E-state index in [-0.39, 0.29) is 11.8 Å². The first-order valence-electron chi connectivity index (χ1n) is 7.14. The van der Waals surface area contributed by atoms with Gasteiger partial charge in [-0.15, -0.1) is 0 Å². The Morgan fingerprint density at radius 1 is 1.29 bits per heavy atom. The Morgan fingerprint density at radius 2 is 2.06 bits per heavy atom. The molecule has 0 aromatic carbocycles. The molecule has 0 aromatic heterocycles. The molecule has 3 heteroatoms. The van der Waals surface area contributed by atoms with Crippen LogP contribution < -0.4 is 10.6 Å². The molecule has 1 heterocycles. The van der Waals surface area contributed by atoms with Gasteiger partial charge in [0.1, 0.15) is 0 Å². The van der Waals surface area contributed by atoms with Crippen LogP contribution in [-0.2, 0) is 4.79 Å². The van der Waals surface area contributed by atoms with Gasteiger partial charge in [-0.3, -0.25) is 4.79 Å². The third-order valence-electron chi connectivity index (χ3n) is 4.93. The molecule has 2 fully saturated rings. The van der Waals surface area contributed by atoms with Crippen molar-refractivity contribution in [1.82, 2.24) is 10.6 Å². The normalized spacial score (nSPS) is 41.7. The highest BCUT2D eigenvalue weighted by molar-refractivity contribution is 5.79. The molecule has 2 aliphatic rings. The Labute approximate surface area is 105 Å². The minimum absolute atomic E-state index is 0.183. The molecule has 0 radical (unpaired) electrons. The topological polar surface area (TPSA) is 41.1 Å². The van der Waals surface area contributed by atoms with Crippen molar-refractivity contribution >= 4 is 5.91 Å². The third kappa shape index (κ3) is 2.65.